The Kier molecular flexibility index (Phi) is 5.39. The maximum atomic E-state index is 13.1. The predicted octanol–water partition coefficient (Wildman–Crippen LogP) is 3.00. The lowest BCUT2D eigenvalue weighted by molar-refractivity contribution is -0.116. The number of Topliss-reactive ketones (excluding diaryl/α,β-unsaturated/α-hetero) is 1. The molecule has 0 bridgehead atoms. The molecule has 0 radical (unpaired) electrons. The molecule has 0 amide bonds. The van der Waals surface area contributed by atoms with Crippen molar-refractivity contribution in [2.75, 3.05) is 21.3 Å². The number of ketones is 2. The lowest BCUT2D eigenvalue weighted by Crippen LogP contribution is -2.31. The highest BCUT2D eigenvalue weighted by atomic mass is 35.5. The smallest absolute Gasteiger partial charge is 0.181 e. The van der Waals surface area contributed by atoms with E-state index < -0.39 is 17.5 Å². The fourth-order valence-electron chi connectivity index (χ4n) is 2.90. The molecule has 130 valence electrons. The summed E-state index contributed by atoms with van der Waals surface area (Å²) < 4.78 is 15.5. The van der Waals surface area contributed by atoms with E-state index >= 15 is 0 Å². The zero-order chi connectivity index (χ0) is 18.0. The lowest BCUT2D eigenvalue weighted by atomic mass is 9.78. The zero-order valence-corrected chi connectivity index (χ0v) is 14.6. The van der Waals surface area contributed by atoms with Crippen molar-refractivity contribution < 1.29 is 28.9 Å². The molecule has 24 heavy (non-hydrogen) atoms. The van der Waals surface area contributed by atoms with E-state index in [1.165, 1.54) is 33.5 Å². The zero-order valence-electron chi connectivity index (χ0n) is 13.9. The van der Waals surface area contributed by atoms with Gasteiger partial charge < -0.3 is 19.3 Å². The summed E-state index contributed by atoms with van der Waals surface area (Å²) in [4.78, 5) is 24.8. The van der Waals surface area contributed by atoms with Crippen molar-refractivity contribution in [3.05, 3.63) is 28.5 Å². The molecule has 1 aromatic rings. The molecule has 2 atom stereocenters. The Bertz CT molecular complexity index is 710. The van der Waals surface area contributed by atoms with Crippen molar-refractivity contribution in [2.24, 2.45) is 11.8 Å². The minimum absolute atomic E-state index is 0.0579. The third-order valence-corrected chi connectivity index (χ3v) is 4.44. The average Bonchev–Trinajstić information content (AvgIpc) is 2.55. The van der Waals surface area contributed by atoms with Crippen LogP contribution in [0.3, 0.4) is 0 Å². The summed E-state index contributed by atoms with van der Waals surface area (Å²) in [6.45, 7) is 1.78. The van der Waals surface area contributed by atoms with Crippen LogP contribution in [0.5, 0.6) is 17.2 Å². The van der Waals surface area contributed by atoms with E-state index in [4.69, 9.17) is 25.8 Å². The standard InChI is InChI=1S/C17H19ClO6/c1-8-5-9(19)6-10(22-2)13(8)16(20)14-11(23-3)7-12(24-4)15(18)17(14)21/h6-8,13,21H,5H2,1-4H3. The van der Waals surface area contributed by atoms with Crippen LogP contribution < -0.4 is 9.47 Å². The summed E-state index contributed by atoms with van der Waals surface area (Å²) in [5.74, 6) is -1.36. The van der Waals surface area contributed by atoms with Gasteiger partial charge in [0, 0.05) is 18.6 Å². The van der Waals surface area contributed by atoms with Gasteiger partial charge in [-0.3, -0.25) is 9.59 Å². The minimum Gasteiger partial charge on any atom is -0.505 e. The highest BCUT2D eigenvalue weighted by Gasteiger charge is 2.38. The van der Waals surface area contributed by atoms with Gasteiger partial charge in [-0.2, -0.15) is 0 Å². The van der Waals surface area contributed by atoms with E-state index in [-0.39, 0.29) is 46.0 Å². The molecule has 6 nitrogen and oxygen atoms in total. The molecule has 1 N–H and O–H groups in total. The SMILES string of the molecule is COC1=CC(=O)CC(C)C1C(=O)c1c(OC)cc(OC)c(Cl)c1O. The minimum atomic E-state index is -0.711. The van der Waals surface area contributed by atoms with Crippen LogP contribution in [0.2, 0.25) is 5.02 Å². The van der Waals surface area contributed by atoms with Crippen LogP contribution in [0.4, 0.5) is 0 Å². The highest BCUT2D eigenvalue weighted by molar-refractivity contribution is 6.34. The third-order valence-electron chi connectivity index (χ3n) is 4.08. The molecule has 0 spiro atoms. The second-order valence-electron chi connectivity index (χ2n) is 5.56. The summed E-state index contributed by atoms with van der Waals surface area (Å²) in [6.07, 6.45) is 1.54. The number of ether oxygens (including phenoxy) is 3. The fourth-order valence-corrected chi connectivity index (χ4v) is 3.12. The van der Waals surface area contributed by atoms with E-state index in [0.29, 0.717) is 0 Å². The van der Waals surface area contributed by atoms with Crippen LogP contribution in [0, 0.1) is 11.8 Å². The molecule has 1 aliphatic carbocycles. The molecule has 2 rings (SSSR count). The number of rotatable bonds is 5. The number of halogens is 1. The van der Waals surface area contributed by atoms with E-state index in [2.05, 4.69) is 0 Å². The molecule has 7 heteroatoms. The number of carbonyl (C=O) groups is 2. The second kappa shape index (κ2) is 7.13. The first-order valence-electron chi connectivity index (χ1n) is 7.31. The first-order chi connectivity index (χ1) is 11.3. The Hall–Kier alpha value is -2.21. The number of phenolic OH excluding ortho intramolecular Hbond substituents is 1. The highest BCUT2D eigenvalue weighted by Crippen LogP contribution is 2.45. The Morgan fingerprint density at radius 3 is 2.38 bits per heavy atom. The van der Waals surface area contributed by atoms with Gasteiger partial charge >= 0.3 is 0 Å². The summed E-state index contributed by atoms with van der Waals surface area (Å²) in [6, 6.07) is 1.43. The van der Waals surface area contributed by atoms with Gasteiger partial charge in [-0.1, -0.05) is 18.5 Å². The first kappa shape index (κ1) is 18.1. The quantitative estimate of drug-likeness (QED) is 0.818. The van der Waals surface area contributed by atoms with Crippen molar-refractivity contribution in [3.63, 3.8) is 0 Å². The number of hydrogen-bond donors (Lipinski definition) is 1. The number of hydrogen-bond acceptors (Lipinski definition) is 6. The molecule has 0 aliphatic heterocycles. The van der Waals surface area contributed by atoms with Gasteiger partial charge in [0.15, 0.2) is 17.3 Å². The van der Waals surface area contributed by atoms with E-state index in [9.17, 15) is 14.7 Å². The van der Waals surface area contributed by atoms with E-state index in [0.717, 1.165) is 0 Å². The lowest BCUT2D eigenvalue weighted by Gasteiger charge is -2.28. The van der Waals surface area contributed by atoms with Crippen molar-refractivity contribution in [3.8, 4) is 17.2 Å². The van der Waals surface area contributed by atoms with Gasteiger partial charge in [0.25, 0.3) is 0 Å². The van der Waals surface area contributed by atoms with Gasteiger partial charge in [-0.05, 0) is 5.92 Å². The number of methoxy groups -OCH3 is 3. The van der Waals surface area contributed by atoms with Crippen molar-refractivity contribution in [1.82, 2.24) is 0 Å². The third kappa shape index (κ3) is 3.06. The van der Waals surface area contributed by atoms with Crippen LogP contribution in [0.15, 0.2) is 17.9 Å². The number of carbonyl (C=O) groups excluding carboxylic acids is 2. The monoisotopic (exact) mass is 354 g/mol. The van der Waals surface area contributed by atoms with Gasteiger partial charge in [0.05, 0.1) is 27.2 Å². The normalized spacial score (nSPS) is 20.4. The molecule has 1 aromatic carbocycles. The maximum Gasteiger partial charge on any atom is 0.181 e. The van der Waals surface area contributed by atoms with Crippen molar-refractivity contribution >= 4 is 23.2 Å². The van der Waals surface area contributed by atoms with Crippen LogP contribution in [-0.2, 0) is 9.53 Å². The van der Waals surface area contributed by atoms with Gasteiger partial charge in [0.1, 0.15) is 27.8 Å². The van der Waals surface area contributed by atoms with Crippen LogP contribution in [-0.4, -0.2) is 38.0 Å². The van der Waals surface area contributed by atoms with E-state index in [1.54, 1.807) is 6.92 Å². The fraction of sp³-hybridized carbons (Fsp3) is 0.412. The average molecular weight is 355 g/mol. The Labute approximate surface area is 145 Å². The molecule has 0 aromatic heterocycles. The summed E-state index contributed by atoms with van der Waals surface area (Å²) in [5.41, 5.74) is -0.0579. The first-order valence-corrected chi connectivity index (χ1v) is 7.69. The Balaban J connectivity index is 2.59. The molecule has 2 unspecified atom stereocenters. The maximum absolute atomic E-state index is 13.1. The van der Waals surface area contributed by atoms with Crippen LogP contribution in [0.1, 0.15) is 23.7 Å². The second-order valence-corrected chi connectivity index (χ2v) is 5.94. The van der Waals surface area contributed by atoms with Crippen molar-refractivity contribution in [1.29, 1.82) is 0 Å². The van der Waals surface area contributed by atoms with Gasteiger partial charge in [-0.25, -0.2) is 0 Å². The topological polar surface area (TPSA) is 82.1 Å². The molecule has 1 aliphatic rings. The number of aromatic hydroxyl groups is 1. The summed E-state index contributed by atoms with van der Waals surface area (Å²) in [7, 11) is 4.16. The largest absolute Gasteiger partial charge is 0.505 e. The Morgan fingerprint density at radius 1 is 1.21 bits per heavy atom. The van der Waals surface area contributed by atoms with Crippen molar-refractivity contribution in [2.45, 2.75) is 13.3 Å². The molecule has 0 saturated carbocycles. The number of phenols is 1. The summed E-state index contributed by atoms with van der Waals surface area (Å²) in [5, 5.41) is 10.3. The predicted molar refractivity (Wildman–Crippen MR) is 87.9 cm³/mol. The number of allylic oxidation sites excluding steroid dienone is 2. The van der Waals surface area contributed by atoms with Gasteiger partial charge in [-0.15, -0.1) is 0 Å². The summed E-state index contributed by atoms with van der Waals surface area (Å²) >= 11 is 6.06. The molecule has 0 heterocycles. The molecular weight excluding hydrogens is 336 g/mol. The van der Waals surface area contributed by atoms with Crippen LogP contribution in [0.25, 0.3) is 0 Å². The van der Waals surface area contributed by atoms with Crippen LogP contribution >= 0.6 is 11.6 Å². The Morgan fingerprint density at radius 2 is 1.83 bits per heavy atom. The number of benzene rings is 1. The van der Waals surface area contributed by atoms with E-state index in [1.807, 2.05) is 0 Å². The molecule has 0 saturated heterocycles. The van der Waals surface area contributed by atoms with Gasteiger partial charge in [0.2, 0.25) is 0 Å². The molecular formula is C17H19ClO6. The molecule has 0 fully saturated rings.